The first-order valence-corrected chi connectivity index (χ1v) is 9.67. The number of hydrogen-bond acceptors (Lipinski definition) is 4. The van der Waals surface area contributed by atoms with Gasteiger partial charge in [-0.2, -0.15) is 0 Å². The number of anilines is 2. The molecule has 1 heterocycles. The van der Waals surface area contributed by atoms with Gasteiger partial charge in [-0.15, -0.1) is 11.3 Å². The second-order valence-electron chi connectivity index (χ2n) is 6.65. The summed E-state index contributed by atoms with van der Waals surface area (Å²) in [5.41, 5.74) is 3.71. The molecule has 1 fully saturated rings. The Kier molecular flexibility index (Phi) is 4.73. The quantitative estimate of drug-likeness (QED) is 0.687. The number of nitrogens with one attached hydrogen (secondary N) is 2. The molecule has 1 saturated carbocycles. The molecule has 0 radical (unpaired) electrons. The SMILES string of the molecule is CC(=O)Nc1ccc(-c2csc(NC(=O)[C@H]3C[C@@H]3c3ccccc3)n2)cc1. The largest absolute Gasteiger partial charge is 0.326 e. The molecule has 1 aromatic heterocycles. The van der Waals surface area contributed by atoms with Crippen molar-refractivity contribution < 1.29 is 9.59 Å². The highest BCUT2D eigenvalue weighted by molar-refractivity contribution is 7.14. The molecule has 4 rings (SSSR count). The van der Waals surface area contributed by atoms with Crippen LogP contribution in [-0.2, 0) is 9.59 Å². The number of thiazole rings is 1. The zero-order chi connectivity index (χ0) is 18.8. The van der Waals surface area contributed by atoms with Crippen molar-refractivity contribution in [1.29, 1.82) is 0 Å². The Labute approximate surface area is 161 Å². The fourth-order valence-electron chi connectivity index (χ4n) is 3.14. The Balaban J connectivity index is 1.38. The number of amides is 2. The van der Waals surface area contributed by atoms with Gasteiger partial charge >= 0.3 is 0 Å². The fourth-order valence-corrected chi connectivity index (χ4v) is 3.87. The first kappa shape index (κ1) is 17.4. The minimum Gasteiger partial charge on any atom is -0.326 e. The van der Waals surface area contributed by atoms with E-state index in [9.17, 15) is 9.59 Å². The Bertz CT molecular complexity index is 967. The van der Waals surface area contributed by atoms with Crippen molar-refractivity contribution in [3.8, 4) is 11.3 Å². The van der Waals surface area contributed by atoms with Crippen LogP contribution >= 0.6 is 11.3 Å². The van der Waals surface area contributed by atoms with E-state index in [0.29, 0.717) is 11.0 Å². The van der Waals surface area contributed by atoms with Gasteiger partial charge in [0.2, 0.25) is 11.8 Å². The van der Waals surface area contributed by atoms with Gasteiger partial charge in [-0.3, -0.25) is 9.59 Å². The number of carbonyl (C=O) groups excluding carboxylic acids is 2. The van der Waals surface area contributed by atoms with E-state index in [4.69, 9.17) is 0 Å². The summed E-state index contributed by atoms with van der Waals surface area (Å²) in [7, 11) is 0. The molecule has 2 aromatic carbocycles. The van der Waals surface area contributed by atoms with Gasteiger partial charge in [-0.05, 0) is 30.0 Å². The van der Waals surface area contributed by atoms with Crippen molar-refractivity contribution in [2.75, 3.05) is 10.6 Å². The predicted octanol–water partition coefficient (Wildman–Crippen LogP) is 4.51. The van der Waals surface area contributed by atoms with Crippen LogP contribution in [0.3, 0.4) is 0 Å². The van der Waals surface area contributed by atoms with E-state index in [1.165, 1.54) is 23.8 Å². The summed E-state index contributed by atoms with van der Waals surface area (Å²) in [6, 6.07) is 17.6. The maximum atomic E-state index is 12.5. The second-order valence-corrected chi connectivity index (χ2v) is 7.50. The number of rotatable bonds is 5. The summed E-state index contributed by atoms with van der Waals surface area (Å²) >= 11 is 1.42. The highest BCUT2D eigenvalue weighted by Gasteiger charge is 2.44. The first-order valence-electron chi connectivity index (χ1n) is 8.79. The van der Waals surface area contributed by atoms with Gasteiger partial charge in [0.25, 0.3) is 0 Å². The van der Waals surface area contributed by atoms with Gasteiger partial charge in [0.15, 0.2) is 5.13 Å². The molecule has 0 aliphatic heterocycles. The summed E-state index contributed by atoms with van der Waals surface area (Å²) in [4.78, 5) is 28.1. The smallest absolute Gasteiger partial charge is 0.229 e. The zero-order valence-corrected chi connectivity index (χ0v) is 15.6. The van der Waals surface area contributed by atoms with E-state index in [0.717, 1.165) is 23.4 Å². The number of benzene rings is 2. The molecule has 0 unspecified atom stereocenters. The predicted molar refractivity (Wildman–Crippen MR) is 108 cm³/mol. The molecule has 2 atom stereocenters. The van der Waals surface area contributed by atoms with Crippen LogP contribution in [0.2, 0.25) is 0 Å². The number of carbonyl (C=O) groups is 2. The molecule has 0 bridgehead atoms. The summed E-state index contributed by atoms with van der Waals surface area (Å²) in [6.07, 6.45) is 0.888. The molecule has 136 valence electrons. The molecule has 1 aliphatic rings. The minimum absolute atomic E-state index is 0.0247. The summed E-state index contributed by atoms with van der Waals surface area (Å²) in [6.45, 7) is 1.48. The van der Waals surface area contributed by atoms with Gasteiger partial charge in [-0.25, -0.2) is 4.98 Å². The van der Waals surface area contributed by atoms with Crippen molar-refractivity contribution in [3.05, 3.63) is 65.5 Å². The molecule has 27 heavy (non-hydrogen) atoms. The Hall–Kier alpha value is -2.99. The third-order valence-electron chi connectivity index (χ3n) is 4.59. The molecule has 2 N–H and O–H groups in total. The van der Waals surface area contributed by atoms with Gasteiger partial charge in [0.1, 0.15) is 0 Å². The molecule has 5 nitrogen and oxygen atoms in total. The van der Waals surface area contributed by atoms with Gasteiger partial charge in [-0.1, -0.05) is 42.5 Å². The highest BCUT2D eigenvalue weighted by Crippen LogP contribution is 2.48. The molecular weight excluding hydrogens is 358 g/mol. The summed E-state index contributed by atoms with van der Waals surface area (Å²) < 4.78 is 0. The lowest BCUT2D eigenvalue weighted by atomic mass is 10.1. The lowest BCUT2D eigenvalue weighted by Gasteiger charge is -2.03. The summed E-state index contributed by atoms with van der Waals surface area (Å²) in [5.74, 6) is 0.268. The maximum Gasteiger partial charge on any atom is 0.229 e. The van der Waals surface area contributed by atoms with Crippen molar-refractivity contribution in [3.63, 3.8) is 0 Å². The third-order valence-corrected chi connectivity index (χ3v) is 5.35. The zero-order valence-electron chi connectivity index (χ0n) is 14.8. The molecule has 0 saturated heterocycles. The van der Waals surface area contributed by atoms with Crippen LogP contribution in [-0.4, -0.2) is 16.8 Å². The summed E-state index contributed by atoms with van der Waals surface area (Å²) in [5, 5.41) is 8.21. The molecule has 6 heteroatoms. The molecule has 0 spiro atoms. The Morgan fingerprint density at radius 3 is 2.48 bits per heavy atom. The van der Waals surface area contributed by atoms with Crippen LogP contribution in [0.15, 0.2) is 60.0 Å². The topological polar surface area (TPSA) is 71.1 Å². The van der Waals surface area contributed by atoms with E-state index in [2.05, 4.69) is 27.8 Å². The van der Waals surface area contributed by atoms with Crippen molar-refractivity contribution in [1.82, 2.24) is 4.98 Å². The molecule has 2 amide bonds. The normalized spacial score (nSPS) is 18.0. The average Bonchev–Trinajstić information content (AvgIpc) is 3.35. The van der Waals surface area contributed by atoms with Gasteiger partial charge in [0, 0.05) is 29.5 Å². The van der Waals surface area contributed by atoms with Crippen molar-refractivity contribution >= 4 is 34.0 Å². The standard InChI is InChI=1S/C21H19N3O2S/c1-13(25)22-16-9-7-15(8-10-16)19-12-27-21(23-19)24-20(26)18-11-17(18)14-5-3-2-4-6-14/h2-10,12,17-18H,11H2,1H3,(H,22,25)(H,23,24,26)/t17-,18+/m1/s1. The van der Waals surface area contributed by atoms with E-state index < -0.39 is 0 Å². The average molecular weight is 377 g/mol. The van der Waals surface area contributed by atoms with E-state index in [1.807, 2.05) is 47.8 Å². The minimum atomic E-state index is -0.102. The van der Waals surface area contributed by atoms with E-state index in [1.54, 1.807) is 0 Å². The highest BCUT2D eigenvalue weighted by atomic mass is 32.1. The monoisotopic (exact) mass is 377 g/mol. The van der Waals surface area contributed by atoms with Crippen LogP contribution in [0.25, 0.3) is 11.3 Å². The van der Waals surface area contributed by atoms with E-state index >= 15 is 0 Å². The van der Waals surface area contributed by atoms with Crippen LogP contribution in [0.5, 0.6) is 0 Å². The van der Waals surface area contributed by atoms with Crippen molar-refractivity contribution in [2.24, 2.45) is 5.92 Å². The molecule has 3 aromatic rings. The van der Waals surface area contributed by atoms with Crippen molar-refractivity contribution in [2.45, 2.75) is 19.3 Å². The maximum absolute atomic E-state index is 12.5. The Morgan fingerprint density at radius 2 is 1.78 bits per heavy atom. The number of nitrogens with zero attached hydrogens (tertiary/aromatic N) is 1. The van der Waals surface area contributed by atoms with Crippen LogP contribution in [0.1, 0.15) is 24.8 Å². The third kappa shape index (κ3) is 4.06. The second kappa shape index (κ2) is 7.32. The van der Waals surface area contributed by atoms with Gasteiger partial charge < -0.3 is 10.6 Å². The van der Waals surface area contributed by atoms with Crippen LogP contribution in [0.4, 0.5) is 10.8 Å². The molecule has 1 aliphatic carbocycles. The number of hydrogen-bond donors (Lipinski definition) is 2. The first-order chi connectivity index (χ1) is 13.1. The van der Waals surface area contributed by atoms with Crippen LogP contribution in [0, 0.1) is 5.92 Å². The molecular formula is C21H19N3O2S. The lowest BCUT2D eigenvalue weighted by molar-refractivity contribution is -0.117. The van der Waals surface area contributed by atoms with Crippen LogP contribution < -0.4 is 10.6 Å². The number of aromatic nitrogens is 1. The van der Waals surface area contributed by atoms with Gasteiger partial charge in [0.05, 0.1) is 5.69 Å². The van der Waals surface area contributed by atoms with E-state index in [-0.39, 0.29) is 17.7 Å². The Morgan fingerprint density at radius 1 is 1.04 bits per heavy atom. The lowest BCUT2D eigenvalue weighted by Crippen LogP contribution is -2.14. The fraction of sp³-hybridized carbons (Fsp3) is 0.190.